The molecule has 0 aromatic heterocycles. The summed E-state index contributed by atoms with van der Waals surface area (Å²) < 4.78 is 21.8. The van der Waals surface area contributed by atoms with Crippen LogP contribution in [0.15, 0.2) is 0 Å². The summed E-state index contributed by atoms with van der Waals surface area (Å²) >= 11 is 0. The summed E-state index contributed by atoms with van der Waals surface area (Å²) in [5, 5.41) is 0. The Labute approximate surface area is 81.6 Å². The zero-order chi connectivity index (χ0) is 9.95. The van der Waals surface area contributed by atoms with Gasteiger partial charge in [0.2, 0.25) is 0 Å². The molecule has 0 aliphatic heterocycles. The molecule has 0 radical (unpaired) electrons. The smallest absolute Gasteiger partial charge is 0.147 e. The third-order valence-electron chi connectivity index (χ3n) is 3.39. The van der Waals surface area contributed by atoms with Crippen molar-refractivity contribution in [1.29, 1.82) is 0 Å². The first-order valence-corrected chi connectivity index (χ1v) is 7.21. The molecule has 0 unspecified atom stereocenters. The van der Waals surface area contributed by atoms with Crippen LogP contribution >= 0.6 is 0 Å². The summed E-state index contributed by atoms with van der Waals surface area (Å²) in [5.74, 6) is 0.370. The minimum atomic E-state index is -2.74. The van der Waals surface area contributed by atoms with Crippen LogP contribution in [0.1, 0.15) is 45.4 Å². The molecular formula is C10H20O2S. The fraction of sp³-hybridized carbons (Fsp3) is 1.00. The minimum absolute atomic E-state index is 0.370. The number of rotatable bonds is 5. The standard InChI is InChI=1S/C10H20O2S/c1-3-10(6-4-7-10)8-5-9-13(2,11)12/h3-9H2,1-2H3. The molecule has 1 rings (SSSR count). The van der Waals surface area contributed by atoms with E-state index in [0.29, 0.717) is 11.2 Å². The average Bonchev–Trinajstić information content (AvgIpc) is 1.92. The van der Waals surface area contributed by atoms with E-state index < -0.39 is 9.84 Å². The van der Waals surface area contributed by atoms with Crippen molar-refractivity contribution in [2.45, 2.75) is 45.4 Å². The molecule has 0 spiro atoms. The highest BCUT2D eigenvalue weighted by molar-refractivity contribution is 7.90. The molecule has 0 atom stereocenters. The van der Waals surface area contributed by atoms with Crippen LogP contribution in [0.25, 0.3) is 0 Å². The van der Waals surface area contributed by atoms with E-state index in [-0.39, 0.29) is 0 Å². The zero-order valence-electron chi connectivity index (χ0n) is 8.67. The molecular weight excluding hydrogens is 184 g/mol. The SMILES string of the molecule is CCC1(CCCS(C)(=O)=O)CCC1. The van der Waals surface area contributed by atoms with Gasteiger partial charge in [0.05, 0.1) is 0 Å². The minimum Gasteiger partial charge on any atom is -0.229 e. The topological polar surface area (TPSA) is 34.1 Å². The van der Waals surface area contributed by atoms with Gasteiger partial charge >= 0.3 is 0 Å². The Hall–Kier alpha value is -0.0500. The van der Waals surface area contributed by atoms with Gasteiger partial charge in [-0.25, -0.2) is 8.42 Å². The maximum absolute atomic E-state index is 10.9. The third kappa shape index (κ3) is 3.29. The zero-order valence-corrected chi connectivity index (χ0v) is 9.49. The fourth-order valence-electron chi connectivity index (χ4n) is 2.17. The summed E-state index contributed by atoms with van der Waals surface area (Å²) in [6, 6.07) is 0. The van der Waals surface area contributed by atoms with Gasteiger partial charge in [0.25, 0.3) is 0 Å². The molecule has 1 aliphatic carbocycles. The van der Waals surface area contributed by atoms with Gasteiger partial charge in [0.15, 0.2) is 0 Å². The van der Waals surface area contributed by atoms with E-state index in [1.807, 2.05) is 0 Å². The lowest BCUT2D eigenvalue weighted by atomic mass is 9.64. The highest BCUT2D eigenvalue weighted by Gasteiger charge is 2.34. The lowest BCUT2D eigenvalue weighted by Gasteiger charge is -2.41. The van der Waals surface area contributed by atoms with Crippen LogP contribution in [0.3, 0.4) is 0 Å². The van der Waals surface area contributed by atoms with Crippen LogP contribution < -0.4 is 0 Å². The van der Waals surface area contributed by atoms with Gasteiger partial charge in [-0.2, -0.15) is 0 Å². The number of hydrogen-bond donors (Lipinski definition) is 0. The van der Waals surface area contributed by atoms with Crippen molar-refractivity contribution in [2.75, 3.05) is 12.0 Å². The molecule has 1 fully saturated rings. The summed E-state index contributed by atoms with van der Waals surface area (Å²) in [7, 11) is -2.74. The first kappa shape index (κ1) is 11.0. The van der Waals surface area contributed by atoms with Crippen LogP contribution in [-0.2, 0) is 9.84 Å². The summed E-state index contributed by atoms with van der Waals surface area (Å²) in [6.45, 7) is 2.22. The van der Waals surface area contributed by atoms with Crippen molar-refractivity contribution in [3.05, 3.63) is 0 Å². The Bertz CT molecular complexity index is 245. The van der Waals surface area contributed by atoms with Crippen molar-refractivity contribution < 1.29 is 8.42 Å². The molecule has 3 heteroatoms. The van der Waals surface area contributed by atoms with Crippen LogP contribution in [-0.4, -0.2) is 20.4 Å². The first-order valence-electron chi connectivity index (χ1n) is 5.15. The van der Waals surface area contributed by atoms with E-state index in [1.54, 1.807) is 0 Å². The fourth-order valence-corrected chi connectivity index (χ4v) is 2.84. The monoisotopic (exact) mass is 204 g/mol. The normalized spacial score (nSPS) is 21.1. The molecule has 78 valence electrons. The van der Waals surface area contributed by atoms with Crippen LogP contribution in [0.5, 0.6) is 0 Å². The van der Waals surface area contributed by atoms with Crippen LogP contribution in [0.2, 0.25) is 0 Å². The lowest BCUT2D eigenvalue weighted by Crippen LogP contribution is -2.28. The Morgan fingerprint density at radius 2 is 1.92 bits per heavy atom. The van der Waals surface area contributed by atoms with E-state index in [0.717, 1.165) is 12.8 Å². The first-order chi connectivity index (χ1) is 5.97. The molecule has 13 heavy (non-hydrogen) atoms. The molecule has 0 aromatic rings. The largest absolute Gasteiger partial charge is 0.229 e. The van der Waals surface area contributed by atoms with E-state index in [1.165, 1.54) is 31.9 Å². The van der Waals surface area contributed by atoms with Crippen molar-refractivity contribution in [2.24, 2.45) is 5.41 Å². The van der Waals surface area contributed by atoms with Gasteiger partial charge in [-0.1, -0.05) is 19.8 Å². The van der Waals surface area contributed by atoms with E-state index >= 15 is 0 Å². The Balaban J connectivity index is 2.26. The summed E-state index contributed by atoms with van der Waals surface area (Å²) in [6.07, 6.45) is 8.47. The van der Waals surface area contributed by atoms with Gasteiger partial charge in [-0.05, 0) is 31.1 Å². The molecule has 1 saturated carbocycles. The number of sulfone groups is 1. The van der Waals surface area contributed by atoms with Gasteiger partial charge in [0.1, 0.15) is 9.84 Å². The molecule has 0 heterocycles. The molecule has 1 aliphatic rings. The molecule has 0 saturated heterocycles. The molecule has 2 nitrogen and oxygen atoms in total. The van der Waals surface area contributed by atoms with Gasteiger partial charge in [-0.3, -0.25) is 0 Å². The van der Waals surface area contributed by atoms with Crippen LogP contribution in [0.4, 0.5) is 0 Å². The predicted molar refractivity (Wildman–Crippen MR) is 55.5 cm³/mol. The van der Waals surface area contributed by atoms with Crippen LogP contribution in [0, 0.1) is 5.41 Å². The third-order valence-corrected chi connectivity index (χ3v) is 4.42. The predicted octanol–water partition coefficient (Wildman–Crippen LogP) is 2.39. The molecule has 0 N–H and O–H groups in total. The van der Waals surface area contributed by atoms with Gasteiger partial charge < -0.3 is 0 Å². The van der Waals surface area contributed by atoms with E-state index in [4.69, 9.17) is 0 Å². The molecule has 0 aromatic carbocycles. The highest BCUT2D eigenvalue weighted by atomic mass is 32.2. The average molecular weight is 204 g/mol. The van der Waals surface area contributed by atoms with Crippen molar-refractivity contribution >= 4 is 9.84 Å². The Kier molecular flexibility index (Phi) is 3.38. The second-order valence-electron chi connectivity index (χ2n) is 4.44. The van der Waals surface area contributed by atoms with Crippen molar-refractivity contribution in [1.82, 2.24) is 0 Å². The second-order valence-corrected chi connectivity index (χ2v) is 6.70. The molecule has 0 bridgehead atoms. The quantitative estimate of drug-likeness (QED) is 0.689. The van der Waals surface area contributed by atoms with Gasteiger partial charge in [-0.15, -0.1) is 0 Å². The lowest BCUT2D eigenvalue weighted by molar-refractivity contribution is 0.113. The van der Waals surface area contributed by atoms with Gasteiger partial charge in [0, 0.05) is 12.0 Å². The van der Waals surface area contributed by atoms with Crippen molar-refractivity contribution in [3.8, 4) is 0 Å². The maximum atomic E-state index is 10.9. The van der Waals surface area contributed by atoms with E-state index in [2.05, 4.69) is 6.92 Å². The maximum Gasteiger partial charge on any atom is 0.147 e. The van der Waals surface area contributed by atoms with Crippen molar-refractivity contribution in [3.63, 3.8) is 0 Å². The second kappa shape index (κ2) is 3.99. The Morgan fingerprint density at radius 1 is 1.31 bits per heavy atom. The molecule has 0 amide bonds. The summed E-state index contributed by atoms with van der Waals surface area (Å²) in [5.41, 5.74) is 0.519. The highest BCUT2D eigenvalue weighted by Crippen LogP contribution is 2.47. The summed E-state index contributed by atoms with van der Waals surface area (Å²) in [4.78, 5) is 0. The Morgan fingerprint density at radius 3 is 2.23 bits per heavy atom. The number of hydrogen-bond acceptors (Lipinski definition) is 2. The van der Waals surface area contributed by atoms with E-state index in [9.17, 15) is 8.42 Å².